The Morgan fingerprint density at radius 2 is 2.33 bits per heavy atom. The number of ether oxygens (including phenoxy) is 1. The van der Waals surface area contributed by atoms with Crippen LogP contribution in [0.1, 0.15) is 26.2 Å². The molecule has 4 nitrogen and oxygen atoms in total. The second-order valence-electron chi connectivity index (χ2n) is 4.16. The van der Waals surface area contributed by atoms with Crippen LogP contribution < -0.4 is 5.32 Å². The molecule has 1 aliphatic heterocycles. The van der Waals surface area contributed by atoms with E-state index in [0.717, 1.165) is 6.54 Å². The molecular weight excluding hydrogens is 192 g/mol. The third-order valence-corrected chi connectivity index (χ3v) is 2.92. The van der Waals surface area contributed by atoms with Gasteiger partial charge in [-0.2, -0.15) is 0 Å². The summed E-state index contributed by atoms with van der Waals surface area (Å²) in [5, 5.41) is 2.85. The second-order valence-corrected chi connectivity index (χ2v) is 4.16. The topological polar surface area (TPSA) is 41.6 Å². The van der Waals surface area contributed by atoms with Gasteiger partial charge in [0.1, 0.15) is 0 Å². The zero-order valence-corrected chi connectivity index (χ0v) is 9.79. The first-order valence-corrected chi connectivity index (χ1v) is 5.73. The van der Waals surface area contributed by atoms with E-state index in [1.165, 1.54) is 19.3 Å². The summed E-state index contributed by atoms with van der Waals surface area (Å²) in [7, 11) is 1.64. The molecular formula is C11H22N2O2. The number of carbonyl (C=O) groups excluding carboxylic acids is 1. The van der Waals surface area contributed by atoms with E-state index in [2.05, 4.69) is 17.1 Å². The summed E-state index contributed by atoms with van der Waals surface area (Å²) in [6.07, 6.45) is 3.73. The van der Waals surface area contributed by atoms with Crippen LogP contribution in [0.2, 0.25) is 0 Å². The van der Waals surface area contributed by atoms with Gasteiger partial charge in [0, 0.05) is 19.7 Å². The highest BCUT2D eigenvalue weighted by Gasteiger charge is 2.19. The Kier molecular flexibility index (Phi) is 5.65. The van der Waals surface area contributed by atoms with Crippen molar-refractivity contribution < 1.29 is 9.53 Å². The normalized spacial score (nSPS) is 22.7. The van der Waals surface area contributed by atoms with Gasteiger partial charge in [-0.15, -0.1) is 0 Å². The van der Waals surface area contributed by atoms with Gasteiger partial charge in [0.15, 0.2) is 0 Å². The third kappa shape index (κ3) is 4.62. The number of likely N-dealkylation sites (tertiary alicyclic amines) is 1. The largest absolute Gasteiger partial charge is 0.383 e. The van der Waals surface area contributed by atoms with Crippen LogP contribution in [-0.4, -0.2) is 50.2 Å². The molecule has 4 heteroatoms. The molecule has 1 saturated heterocycles. The number of hydrogen-bond acceptors (Lipinski definition) is 3. The number of nitrogens with one attached hydrogen (secondary N) is 1. The molecule has 0 unspecified atom stereocenters. The average Bonchev–Trinajstić information content (AvgIpc) is 2.22. The van der Waals surface area contributed by atoms with Crippen molar-refractivity contribution >= 4 is 5.91 Å². The molecule has 0 spiro atoms. The standard InChI is InChI=1S/C11H22N2O2/c1-10-5-3-4-7-13(10)9-11(14)12-6-8-15-2/h10H,3-9H2,1-2H3,(H,12,14)/t10-/m1/s1. The van der Waals surface area contributed by atoms with E-state index in [1.807, 2.05) is 0 Å². The molecule has 0 aromatic rings. The minimum atomic E-state index is 0.112. The Morgan fingerprint density at radius 1 is 1.53 bits per heavy atom. The van der Waals surface area contributed by atoms with Crippen molar-refractivity contribution in [2.75, 3.05) is 33.4 Å². The molecule has 88 valence electrons. The number of hydrogen-bond donors (Lipinski definition) is 1. The fourth-order valence-electron chi connectivity index (χ4n) is 1.93. The van der Waals surface area contributed by atoms with Gasteiger partial charge in [-0.25, -0.2) is 0 Å². The zero-order chi connectivity index (χ0) is 11.1. The van der Waals surface area contributed by atoms with Crippen molar-refractivity contribution in [1.82, 2.24) is 10.2 Å². The fourth-order valence-corrected chi connectivity index (χ4v) is 1.93. The summed E-state index contributed by atoms with van der Waals surface area (Å²) in [4.78, 5) is 13.8. The van der Waals surface area contributed by atoms with Crippen LogP contribution in [0.4, 0.5) is 0 Å². The van der Waals surface area contributed by atoms with Gasteiger partial charge >= 0.3 is 0 Å². The first-order chi connectivity index (χ1) is 7.24. The Morgan fingerprint density at radius 3 is 3.00 bits per heavy atom. The van der Waals surface area contributed by atoms with Gasteiger partial charge in [-0.3, -0.25) is 9.69 Å². The number of piperidine rings is 1. The third-order valence-electron chi connectivity index (χ3n) is 2.92. The highest BCUT2D eigenvalue weighted by Crippen LogP contribution is 2.15. The van der Waals surface area contributed by atoms with Gasteiger partial charge in [0.25, 0.3) is 0 Å². The van der Waals surface area contributed by atoms with Crippen LogP contribution in [0, 0.1) is 0 Å². The average molecular weight is 214 g/mol. The number of rotatable bonds is 5. The summed E-state index contributed by atoms with van der Waals surface area (Å²) in [5.41, 5.74) is 0. The lowest BCUT2D eigenvalue weighted by molar-refractivity contribution is -0.123. The Labute approximate surface area is 92.0 Å². The van der Waals surface area contributed by atoms with Crippen molar-refractivity contribution in [3.63, 3.8) is 0 Å². The van der Waals surface area contributed by atoms with E-state index in [-0.39, 0.29) is 5.91 Å². The zero-order valence-electron chi connectivity index (χ0n) is 9.79. The maximum absolute atomic E-state index is 11.5. The number of carbonyl (C=O) groups is 1. The minimum Gasteiger partial charge on any atom is -0.383 e. The van der Waals surface area contributed by atoms with Crippen molar-refractivity contribution in [1.29, 1.82) is 0 Å². The molecule has 1 fully saturated rings. The molecule has 1 amide bonds. The smallest absolute Gasteiger partial charge is 0.234 e. The molecule has 1 aliphatic rings. The summed E-state index contributed by atoms with van der Waals surface area (Å²) < 4.78 is 4.88. The van der Waals surface area contributed by atoms with Crippen LogP contribution in [0.3, 0.4) is 0 Å². The highest BCUT2D eigenvalue weighted by atomic mass is 16.5. The Balaban J connectivity index is 2.18. The van der Waals surface area contributed by atoms with Gasteiger partial charge < -0.3 is 10.1 Å². The minimum absolute atomic E-state index is 0.112. The molecule has 0 radical (unpaired) electrons. The second kappa shape index (κ2) is 6.80. The summed E-state index contributed by atoms with van der Waals surface area (Å²) in [6, 6.07) is 0.548. The Bertz CT molecular complexity index is 197. The molecule has 15 heavy (non-hydrogen) atoms. The van der Waals surface area contributed by atoms with Gasteiger partial charge in [-0.05, 0) is 26.3 Å². The van der Waals surface area contributed by atoms with Crippen molar-refractivity contribution in [3.8, 4) is 0 Å². The van der Waals surface area contributed by atoms with E-state index in [4.69, 9.17) is 4.74 Å². The van der Waals surface area contributed by atoms with E-state index < -0.39 is 0 Å². The molecule has 0 saturated carbocycles. The molecule has 1 rings (SSSR count). The lowest BCUT2D eigenvalue weighted by atomic mass is 10.0. The molecule has 1 N–H and O–H groups in total. The maximum atomic E-state index is 11.5. The summed E-state index contributed by atoms with van der Waals surface area (Å²) in [5.74, 6) is 0.112. The number of methoxy groups -OCH3 is 1. The fraction of sp³-hybridized carbons (Fsp3) is 0.909. The van der Waals surface area contributed by atoms with E-state index in [9.17, 15) is 4.79 Å². The summed E-state index contributed by atoms with van der Waals surface area (Å²) >= 11 is 0. The maximum Gasteiger partial charge on any atom is 0.234 e. The van der Waals surface area contributed by atoms with Crippen LogP contribution in [-0.2, 0) is 9.53 Å². The molecule has 1 heterocycles. The van der Waals surface area contributed by atoms with E-state index >= 15 is 0 Å². The molecule has 1 atom stereocenters. The predicted octanol–water partition coefficient (Wildman–Crippen LogP) is 0.623. The van der Waals surface area contributed by atoms with Crippen LogP contribution in [0.25, 0.3) is 0 Å². The number of amides is 1. The van der Waals surface area contributed by atoms with Crippen molar-refractivity contribution in [2.24, 2.45) is 0 Å². The molecule has 0 bridgehead atoms. The van der Waals surface area contributed by atoms with Gasteiger partial charge in [-0.1, -0.05) is 6.42 Å². The van der Waals surface area contributed by atoms with Gasteiger partial charge in [0.05, 0.1) is 13.2 Å². The first kappa shape index (κ1) is 12.5. The van der Waals surface area contributed by atoms with E-state index in [0.29, 0.717) is 25.7 Å². The highest BCUT2D eigenvalue weighted by molar-refractivity contribution is 5.78. The summed E-state index contributed by atoms with van der Waals surface area (Å²) in [6.45, 7) is 4.98. The monoisotopic (exact) mass is 214 g/mol. The quantitative estimate of drug-likeness (QED) is 0.682. The van der Waals surface area contributed by atoms with Crippen LogP contribution in [0.5, 0.6) is 0 Å². The SMILES string of the molecule is COCCNC(=O)CN1CCCC[C@H]1C. The van der Waals surface area contributed by atoms with Crippen molar-refractivity contribution in [2.45, 2.75) is 32.2 Å². The molecule has 0 aliphatic carbocycles. The van der Waals surface area contributed by atoms with Crippen molar-refractivity contribution in [3.05, 3.63) is 0 Å². The van der Waals surface area contributed by atoms with Crippen LogP contribution in [0.15, 0.2) is 0 Å². The van der Waals surface area contributed by atoms with Gasteiger partial charge in [0.2, 0.25) is 5.91 Å². The molecule has 0 aromatic heterocycles. The lowest BCUT2D eigenvalue weighted by Gasteiger charge is -2.32. The lowest BCUT2D eigenvalue weighted by Crippen LogP contribution is -2.44. The predicted molar refractivity (Wildman–Crippen MR) is 59.8 cm³/mol. The number of nitrogens with zero attached hydrogens (tertiary/aromatic N) is 1. The van der Waals surface area contributed by atoms with Crippen LogP contribution >= 0.6 is 0 Å². The van der Waals surface area contributed by atoms with E-state index in [1.54, 1.807) is 7.11 Å². The molecule has 0 aromatic carbocycles. The first-order valence-electron chi connectivity index (χ1n) is 5.73. The Hall–Kier alpha value is -0.610.